The van der Waals surface area contributed by atoms with E-state index >= 15 is 0 Å². The van der Waals surface area contributed by atoms with E-state index in [2.05, 4.69) is 11.0 Å². The number of nitrogens with two attached hydrogens (primary N) is 1. The third-order valence-corrected chi connectivity index (χ3v) is 8.37. The molecular weight excluding hydrogens is 426 g/mol. The number of hydrogen-bond donors (Lipinski definition) is 1. The molecule has 32 heavy (non-hydrogen) atoms. The Morgan fingerprint density at radius 1 is 1.12 bits per heavy atom. The van der Waals surface area contributed by atoms with Gasteiger partial charge in [0.05, 0.1) is 0 Å². The van der Waals surface area contributed by atoms with Gasteiger partial charge in [-0.15, -0.1) is 0 Å². The van der Waals surface area contributed by atoms with E-state index in [-0.39, 0.29) is 5.91 Å². The fraction of sp³-hybridized carbons (Fsp3) is 0.667. The maximum Gasteiger partial charge on any atom is 0.248 e. The highest BCUT2D eigenvalue weighted by Gasteiger charge is 2.41. The molecule has 2 heterocycles. The number of hydrogen-bond acceptors (Lipinski definition) is 5. The van der Waals surface area contributed by atoms with Crippen LogP contribution in [0.1, 0.15) is 66.8 Å². The summed E-state index contributed by atoms with van der Waals surface area (Å²) in [5, 5.41) is 0. The first-order chi connectivity index (χ1) is 15.2. The molecule has 1 aliphatic carbocycles. The molecule has 7 nitrogen and oxygen atoms in total. The molecule has 0 aromatic heterocycles. The van der Waals surface area contributed by atoms with Crippen molar-refractivity contribution in [1.82, 2.24) is 9.80 Å². The summed E-state index contributed by atoms with van der Waals surface area (Å²) in [6, 6.07) is 8.64. The Morgan fingerprint density at radius 3 is 2.38 bits per heavy atom. The van der Waals surface area contributed by atoms with E-state index < -0.39 is 21.5 Å². The zero-order valence-electron chi connectivity index (χ0n) is 18.9. The number of sulfone groups is 1. The van der Waals surface area contributed by atoms with Crippen LogP contribution >= 0.6 is 0 Å². The number of rotatable bonds is 9. The minimum absolute atomic E-state index is 0.259. The molecule has 2 saturated heterocycles. The van der Waals surface area contributed by atoms with E-state index in [4.69, 9.17) is 5.73 Å². The second-order valence-corrected chi connectivity index (χ2v) is 12.1. The zero-order valence-corrected chi connectivity index (χ0v) is 19.7. The number of piperidine rings is 1. The average Bonchev–Trinajstić information content (AvgIpc) is 2.92. The van der Waals surface area contributed by atoms with Crippen molar-refractivity contribution in [3.8, 4) is 0 Å². The number of fused-ring (bicyclic) bond motifs is 2. The highest BCUT2D eigenvalue weighted by atomic mass is 32.2. The van der Waals surface area contributed by atoms with Crippen molar-refractivity contribution in [1.29, 1.82) is 0 Å². The summed E-state index contributed by atoms with van der Waals surface area (Å²) >= 11 is 0. The van der Waals surface area contributed by atoms with Crippen LogP contribution in [0.25, 0.3) is 0 Å². The normalized spacial score (nSPS) is 26.0. The highest BCUT2D eigenvalue weighted by molar-refractivity contribution is 7.91. The monoisotopic (exact) mass is 461 g/mol. The van der Waals surface area contributed by atoms with Crippen molar-refractivity contribution in [2.24, 2.45) is 11.7 Å². The van der Waals surface area contributed by atoms with Gasteiger partial charge in [-0.25, -0.2) is 8.42 Å². The smallest absolute Gasteiger partial charge is 0.248 e. The van der Waals surface area contributed by atoms with E-state index in [0.29, 0.717) is 42.6 Å². The number of benzene rings is 1. The van der Waals surface area contributed by atoms with Crippen LogP contribution in [0, 0.1) is 5.92 Å². The number of amides is 2. The van der Waals surface area contributed by atoms with Gasteiger partial charge in [0.15, 0.2) is 9.84 Å². The molecule has 1 aromatic carbocycles. The molecule has 2 amide bonds. The molecule has 3 fully saturated rings. The molecule has 176 valence electrons. The van der Waals surface area contributed by atoms with Crippen LogP contribution in [-0.4, -0.2) is 73.8 Å². The SMILES string of the molecule is CS(=O)(=O)CC(=O)N(CCN1[C@@H]2CC[C@H]1CC(c1cccc(C(N)=O)c1)C2)CC1CCC1. The van der Waals surface area contributed by atoms with Gasteiger partial charge in [-0.1, -0.05) is 18.6 Å². The first-order valence-electron chi connectivity index (χ1n) is 11.8. The lowest BCUT2D eigenvalue weighted by molar-refractivity contribution is -0.129. The van der Waals surface area contributed by atoms with Crippen molar-refractivity contribution >= 4 is 21.7 Å². The van der Waals surface area contributed by atoms with Gasteiger partial charge in [0.2, 0.25) is 11.8 Å². The summed E-state index contributed by atoms with van der Waals surface area (Å²) in [6.45, 7) is 2.07. The Bertz CT molecular complexity index is 946. The Kier molecular flexibility index (Phi) is 6.91. The number of carbonyl (C=O) groups excluding carboxylic acids is 2. The van der Waals surface area contributed by atoms with Crippen molar-refractivity contribution in [2.75, 3.05) is 31.6 Å². The highest BCUT2D eigenvalue weighted by Crippen LogP contribution is 2.43. The topological polar surface area (TPSA) is 101 Å². The predicted octanol–water partition coefficient (Wildman–Crippen LogP) is 2.17. The van der Waals surface area contributed by atoms with E-state index in [1.807, 2.05) is 12.1 Å². The Morgan fingerprint density at radius 2 is 1.81 bits per heavy atom. The van der Waals surface area contributed by atoms with Gasteiger partial charge in [0, 0.05) is 43.5 Å². The van der Waals surface area contributed by atoms with Crippen molar-refractivity contribution in [3.63, 3.8) is 0 Å². The Labute approximate surface area is 191 Å². The van der Waals surface area contributed by atoms with Crippen LogP contribution in [0.15, 0.2) is 24.3 Å². The summed E-state index contributed by atoms with van der Waals surface area (Å²) in [4.78, 5) is 28.6. The maximum atomic E-state index is 12.7. The molecule has 2 bridgehead atoms. The van der Waals surface area contributed by atoms with Crippen LogP contribution in [-0.2, 0) is 14.6 Å². The first kappa shape index (κ1) is 23.2. The molecular formula is C24H35N3O4S. The lowest BCUT2D eigenvalue weighted by Crippen LogP contribution is -2.48. The van der Waals surface area contributed by atoms with Gasteiger partial charge in [0.25, 0.3) is 0 Å². The molecule has 0 radical (unpaired) electrons. The molecule has 1 unspecified atom stereocenters. The summed E-state index contributed by atoms with van der Waals surface area (Å²) in [7, 11) is -3.33. The molecule has 3 atom stereocenters. The molecule has 4 rings (SSSR count). The van der Waals surface area contributed by atoms with Crippen molar-refractivity contribution in [2.45, 2.75) is 62.9 Å². The van der Waals surface area contributed by atoms with Crippen molar-refractivity contribution in [3.05, 3.63) is 35.4 Å². The van der Waals surface area contributed by atoms with Gasteiger partial charge >= 0.3 is 0 Å². The fourth-order valence-corrected chi connectivity index (χ4v) is 6.35. The third-order valence-electron chi connectivity index (χ3n) is 7.60. The molecule has 2 aliphatic heterocycles. The van der Waals surface area contributed by atoms with E-state index in [1.54, 1.807) is 11.0 Å². The summed E-state index contributed by atoms with van der Waals surface area (Å²) < 4.78 is 23.4. The summed E-state index contributed by atoms with van der Waals surface area (Å²) in [5.41, 5.74) is 7.21. The molecule has 1 saturated carbocycles. The van der Waals surface area contributed by atoms with Crippen LogP contribution < -0.4 is 5.73 Å². The maximum absolute atomic E-state index is 12.7. The van der Waals surface area contributed by atoms with Crippen LogP contribution in [0.3, 0.4) is 0 Å². The minimum atomic E-state index is -3.33. The van der Waals surface area contributed by atoms with Gasteiger partial charge in [-0.2, -0.15) is 0 Å². The quantitative estimate of drug-likeness (QED) is 0.607. The van der Waals surface area contributed by atoms with Crippen LogP contribution in [0.2, 0.25) is 0 Å². The average molecular weight is 462 g/mol. The Hall–Kier alpha value is -1.93. The number of primary amides is 1. The predicted molar refractivity (Wildman–Crippen MR) is 124 cm³/mol. The molecule has 8 heteroatoms. The van der Waals surface area contributed by atoms with E-state index in [0.717, 1.165) is 51.3 Å². The molecule has 1 aromatic rings. The molecule has 3 aliphatic rings. The van der Waals surface area contributed by atoms with E-state index in [1.165, 1.54) is 12.0 Å². The van der Waals surface area contributed by atoms with Gasteiger partial charge in [0.1, 0.15) is 5.75 Å². The first-order valence-corrected chi connectivity index (χ1v) is 13.9. The Balaban J connectivity index is 1.38. The fourth-order valence-electron chi connectivity index (χ4n) is 5.71. The second-order valence-electron chi connectivity index (χ2n) is 9.99. The zero-order chi connectivity index (χ0) is 22.9. The largest absolute Gasteiger partial charge is 0.366 e. The molecule has 2 N–H and O–H groups in total. The lowest BCUT2D eigenvalue weighted by atomic mass is 9.84. The second kappa shape index (κ2) is 9.51. The standard InChI is InChI=1S/C24H35N3O4S/c1-32(30,31)16-23(28)26(15-17-4-2-5-17)10-11-27-21-8-9-22(27)14-20(13-21)18-6-3-7-19(12-18)24(25)29/h3,6-7,12,17,20-22H,2,4-5,8-11,13-16H2,1H3,(H2,25,29)/t20?,21-,22+. The minimum Gasteiger partial charge on any atom is -0.366 e. The third kappa shape index (κ3) is 5.52. The van der Waals surface area contributed by atoms with E-state index in [9.17, 15) is 18.0 Å². The van der Waals surface area contributed by atoms with Crippen molar-refractivity contribution < 1.29 is 18.0 Å². The van der Waals surface area contributed by atoms with Crippen LogP contribution in [0.4, 0.5) is 0 Å². The van der Waals surface area contributed by atoms with Gasteiger partial charge in [-0.3, -0.25) is 14.5 Å². The summed E-state index contributed by atoms with van der Waals surface area (Å²) in [6.07, 6.45) is 8.97. The molecule has 0 spiro atoms. The number of carbonyl (C=O) groups is 2. The van der Waals surface area contributed by atoms with Gasteiger partial charge in [-0.05, 0) is 68.1 Å². The number of nitrogens with zero attached hydrogens (tertiary/aromatic N) is 2. The lowest BCUT2D eigenvalue weighted by Gasteiger charge is -2.41. The summed E-state index contributed by atoms with van der Waals surface area (Å²) in [5.74, 6) is -0.118. The van der Waals surface area contributed by atoms with Gasteiger partial charge < -0.3 is 10.6 Å². The van der Waals surface area contributed by atoms with Crippen LogP contribution in [0.5, 0.6) is 0 Å².